The van der Waals surface area contributed by atoms with Gasteiger partial charge in [-0.3, -0.25) is 4.99 Å². The van der Waals surface area contributed by atoms with E-state index >= 15 is 0 Å². The smallest absolute Gasteiger partial charge is 0.0953 e. The summed E-state index contributed by atoms with van der Waals surface area (Å²) in [5, 5.41) is 11.6. The largest absolute Gasteiger partial charge is 0.359 e. The van der Waals surface area contributed by atoms with Gasteiger partial charge in [0.1, 0.15) is 0 Å². The fourth-order valence-electron chi connectivity index (χ4n) is 8.09. The van der Waals surface area contributed by atoms with Crippen molar-refractivity contribution in [3.05, 3.63) is 87.7 Å². The molecule has 0 spiro atoms. The molecule has 0 bridgehead atoms. The van der Waals surface area contributed by atoms with Gasteiger partial charge in [0.15, 0.2) is 0 Å². The predicted octanol–water partition coefficient (Wildman–Crippen LogP) is 10.2. The van der Waals surface area contributed by atoms with Crippen molar-refractivity contribution >= 4 is 77.8 Å². The first kappa shape index (κ1) is 27.9. The zero-order valence-electron chi connectivity index (χ0n) is 27.6. The maximum absolute atomic E-state index is 5.05. The molecule has 0 atom stereocenters. The number of rotatable bonds is 5. The van der Waals surface area contributed by atoms with Crippen LogP contribution in [0.25, 0.3) is 65.9 Å². The minimum Gasteiger partial charge on any atom is -0.359 e. The van der Waals surface area contributed by atoms with Crippen LogP contribution in [-0.2, 0) is 0 Å². The van der Waals surface area contributed by atoms with Crippen LogP contribution in [0.15, 0.2) is 59.7 Å². The number of hydrogen-bond donors (Lipinski definition) is 3. The molecule has 0 saturated carbocycles. The summed E-state index contributed by atoms with van der Waals surface area (Å²) in [5.74, 6) is 1.48. The van der Waals surface area contributed by atoms with E-state index in [1.54, 1.807) is 0 Å². The Bertz CT molecular complexity index is 2490. The van der Waals surface area contributed by atoms with Crippen LogP contribution >= 0.6 is 0 Å². The van der Waals surface area contributed by atoms with Gasteiger partial charge in [-0.15, -0.1) is 0 Å². The third-order valence-corrected chi connectivity index (χ3v) is 10.0. The minimum absolute atomic E-state index is 0.321. The Hall–Kier alpha value is -4.57. The van der Waals surface area contributed by atoms with Gasteiger partial charge in [0.2, 0.25) is 0 Å². The zero-order chi connectivity index (χ0) is 31.3. The van der Waals surface area contributed by atoms with Crippen LogP contribution in [0.5, 0.6) is 0 Å². The number of fused-ring (bicyclic) bond motifs is 12. The molecule has 4 nitrogen and oxygen atoms in total. The number of nitrogens with zero attached hydrogens (tertiary/aromatic N) is 1. The number of benzene rings is 4. The van der Waals surface area contributed by atoms with Crippen molar-refractivity contribution in [3.63, 3.8) is 0 Å². The maximum Gasteiger partial charge on any atom is 0.0953 e. The van der Waals surface area contributed by atoms with E-state index in [1.807, 2.05) is 0 Å². The second-order valence-corrected chi connectivity index (χ2v) is 14.2. The molecule has 3 N–H and O–H groups in total. The van der Waals surface area contributed by atoms with Gasteiger partial charge in [0.25, 0.3) is 0 Å². The Morgan fingerprint density at radius 2 is 1.20 bits per heavy atom. The van der Waals surface area contributed by atoms with Gasteiger partial charge in [0, 0.05) is 44.8 Å². The Balaban J connectivity index is 1.54. The lowest BCUT2D eigenvalue weighted by molar-refractivity contribution is 0.864. The summed E-state index contributed by atoms with van der Waals surface area (Å²) >= 11 is 0. The molecule has 4 aromatic carbocycles. The monoisotopic (exact) mass is 590 g/mol. The fourth-order valence-corrected chi connectivity index (χ4v) is 8.09. The highest BCUT2D eigenvalue weighted by Gasteiger charge is 2.25. The molecule has 0 fully saturated rings. The Morgan fingerprint density at radius 3 is 1.82 bits per heavy atom. The van der Waals surface area contributed by atoms with Crippen LogP contribution in [0.1, 0.15) is 95.5 Å². The highest BCUT2D eigenvalue weighted by Crippen LogP contribution is 2.43. The van der Waals surface area contributed by atoms with E-state index in [4.69, 9.17) is 4.99 Å². The molecule has 0 amide bonds. The second-order valence-electron chi connectivity index (χ2n) is 14.2. The number of aliphatic imine (C=N–C) groups is 1. The molecule has 45 heavy (non-hydrogen) atoms. The molecule has 0 radical (unpaired) electrons. The maximum atomic E-state index is 5.05. The molecule has 1 aliphatic rings. The summed E-state index contributed by atoms with van der Waals surface area (Å²) in [7, 11) is 0. The Morgan fingerprint density at radius 1 is 0.600 bits per heavy atom. The van der Waals surface area contributed by atoms with Gasteiger partial charge in [-0.2, -0.15) is 0 Å². The average molecular weight is 591 g/mol. The third kappa shape index (κ3) is 3.87. The molecule has 7 aromatic rings. The quantitative estimate of drug-likeness (QED) is 0.179. The standard InChI is InChI=1S/C41H42N4/c1-20(2)28-18-42-38-34(28)24-13-9-11-15-26(24)36-32(22(5)6)30(44-40(36)38)17-31-33(23(7)8)37-27-16-12-10-14-25(27)35-29(21(3)4)19-43-39(35)41(37)45-31/h9-23,42,44-45H,1-8H3/b31-17-. The van der Waals surface area contributed by atoms with E-state index in [0.29, 0.717) is 23.7 Å². The summed E-state index contributed by atoms with van der Waals surface area (Å²) in [5.41, 5.74) is 11.2. The molecule has 1 aliphatic heterocycles. The summed E-state index contributed by atoms with van der Waals surface area (Å²) in [6.07, 6.45) is 6.68. The van der Waals surface area contributed by atoms with Gasteiger partial charge < -0.3 is 15.0 Å². The molecule has 8 rings (SSSR count). The van der Waals surface area contributed by atoms with Crippen molar-refractivity contribution in [1.29, 1.82) is 0 Å². The van der Waals surface area contributed by atoms with Gasteiger partial charge in [-0.05, 0) is 73.6 Å². The van der Waals surface area contributed by atoms with Crippen molar-refractivity contribution < 1.29 is 0 Å². The van der Waals surface area contributed by atoms with E-state index in [-0.39, 0.29) is 0 Å². The highest BCUT2D eigenvalue weighted by molar-refractivity contribution is 6.26. The molecule has 4 heteroatoms. The first-order valence-electron chi connectivity index (χ1n) is 16.6. The van der Waals surface area contributed by atoms with Crippen LogP contribution < -0.4 is 10.6 Å². The van der Waals surface area contributed by atoms with Crippen molar-refractivity contribution in [3.8, 4) is 0 Å². The van der Waals surface area contributed by atoms with Gasteiger partial charge >= 0.3 is 0 Å². The number of aromatic amines is 3. The van der Waals surface area contributed by atoms with Crippen LogP contribution in [0.2, 0.25) is 0 Å². The van der Waals surface area contributed by atoms with Crippen molar-refractivity contribution in [2.24, 2.45) is 10.9 Å². The summed E-state index contributed by atoms with van der Waals surface area (Å²) in [6, 6.07) is 17.8. The first-order valence-corrected chi connectivity index (χ1v) is 16.6. The zero-order valence-corrected chi connectivity index (χ0v) is 27.6. The molecule has 0 unspecified atom stereocenters. The lowest BCUT2D eigenvalue weighted by atomic mass is 9.91. The molecular formula is C41H42N4. The second kappa shape index (κ2) is 9.97. The van der Waals surface area contributed by atoms with E-state index in [9.17, 15) is 0 Å². The number of hydrogen-bond acceptors (Lipinski definition) is 1. The fraction of sp³-hybridized carbons (Fsp3) is 0.293. The number of H-pyrrole nitrogens is 3. The van der Waals surface area contributed by atoms with E-state index in [1.165, 1.54) is 81.9 Å². The van der Waals surface area contributed by atoms with Crippen LogP contribution in [0, 0.1) is 5.92 Å². The van der Waals surface area contributed by atoms with E-state index < -0.39 is 0 Å². The molecule has 0 saturated heterocycles. The minimum atomic E-state index is 0.321. The molecular weight excluding hydrogens is 548 g/mol. The normalized spacial score (nSPS) is 14.1. The lowest BCUT2D eigenvalue weighted by Gasteiger charge is -2.11. The van der Waals surface area contributed by atoms with E-state index in [0.717, 1.165) is 16.6 Å². The Kier molecular flexibility index (Phi) is 6.19. The Labute approximate surface area is 264 Å². The lowest BCUT2D eigenvalue weighted by Crippen LogP contribution is -2.10. The highest BCUT2D eigenvalue weighted by atomic mass is 14.8. The topological polar surface area (TPSA) is 59.7 Å². The molecule has 0 aliphatic carbocycles. The molecule has 3 aromatic heterocycles. The van der Waals surface area contributed by atoms with Crippen LogP contribution in [-0.4, -0.2) is 21.2 Å². The van der Waals surface area contributed by atoms with Crippen molar-refractivity contribution in [2.75, 3.05) is 0 Å². The first-order chi connectivity index (χ1) is 21.7. The van der Waals surface area contributed by atoms with Gasteiger partial charge in [-0.25, -0.2) is 0 Å². The van der Waals surface area contributed by atoms with Crippen LogP contribution in [0.3, 0.4) is 0 Å². The summed E-state index contributed by atoms with van der Waals surface area (Å²) in [6.45, 7) is 18.4. The average Bonchev–Trinajstić information content (AvgIpc) is 3.79. The SMILES string of the molecule is CC(C)C1=c2c(c3[nH]/c(=C\c4[nH]c5c6[nH]cc(C(C)C)c6c6ccccc6c5c4C(C)C)c(C(C)C)c3c3ccccc23)N=C1. The number of nitrogens with one attached hydrogen (secondary N) is 3. The molecule has 4 heterocycles. The number of aromatic nitrogens is 3. The van der Waals surface area contributed by atoms with Gasteiger partial charge in [-0.1, -0.05) is 104 Å². The molecule has 226 valence electrons. The van der Waals surface area contributed by atoms with Gasteiger partial charge in [0.05, 0.1) is 22.2 Å². The summed E-state index contributed by atoms with van der Waals surface area (Å²) in [4.78, 5) is 16.6. The van der Waals surface area contributed by atoms with Crippen LogP contribution in [0.4, 0.5) is 5.69 Å². The van der Waals surface area contributed by atoms with Crippen molar-refractivity contribution in [2.45, 2.75) is 73.1 Å². The van der Waals surface area contributed by atoms with E-state index in [2.05, 4.69) is 137 Å². The summed E-state index contributed by atoms with van der Waals surface area (Å²) < 4.78 is 0. The third-order valence-electron chi connectivity index (χ3n) is 10.0. The van der Waals surface area contributed by atoms with Crippen molar-refractivity contribution in [1.82, 2.24) is 15.0 Å². The predicted molar refractivity (Wildman–Crippen MR) is 195 cm³/mol.